The van der Waals surface area contributed by atoms with Crippen LogP contribution in [0.15, 0.2) is 40.4 Å². The number of nitrogens with zero attached hydrogens (tertiary/aromatic N) is 2. The highest BCUT2D eigenvalue weighted by Crippen LogP contribution is 2.12. The number of nitrogens with one attached hydrogen (secondary N) is 1. The van der Waals surface area contributed by atoms with Crippen LogP contribution in [-0.2, 0) is 0 Å². The Hall–Kier alpha value is -1.29. The maximum Gasteiger partial charge on any atom is 0.182 e. The zero-order valence-electron chi connectivity index (χ0n) is 8.27. The zero-order chi connectivity index (χ0) is 10.2. The van der Waals surface area contributed by atoms with E-state index in [-0.39, 0.29) is 0 Å². The first-order chi connectivity index (χ1) is 6.86. The monoisotopic (exact) mass is 207 g/mol. The predicted octanol–water partition coefficient (Wildman–Crippen LogP) is 2.63. The molecular formula is C10H13N3S. The topological polar surface area (TPSA) is 36.8 Å². The first kappa shape index (κ1) is 10.8. The second-order valence-electron chi connectivity index (χ2n) is 2.46. The van der Waals surface area contributed by atoms with Gasteiger partial charge >= 0.3 is 0 Å². The quantitative estimate of drug-likeness (QED) is 0.460. The number of para-hydroxylation sites is 1. The lowest BCUT2D eigenvalue weighted by Gasteiger charge is -2.00. The van der Waals surface area contributed by atoms with Gasteiger partial charge in [-0.2, -0.15) is 5.10 Å². The molecule has 0 spiro atoms. The lowest BCUT2D eigenvalue weighted by atomic mass is 10.3. The molecule has 14 heavy (non-hydrogen) atoms. The van der Waals surface area contributed by atoms with Crippen molar-refractivity contribution in [3.63, 3.8) is 0 Å². The smallest absolute Gasteiger partial charge is 0.182 e. The van der Waals surface area contributed by atoms with E-state index in [0.717, 1.165) is 10.9 Å². The minimum absolute atomic E-state index is 0.786. The lowest BCUT2D eigenvalue weighted by molar-refractivity contribution is 1.05. The van der Waals surface area contributed by atoms with E-state index < -0.39 is 0 Å². The fourth-order valence-electron chi connectivity index (χ4n) is 0.856. The molecule has 1 rings (SSSR count). The molecule has 0 atom stereocenters. The Labute approximate surface area is 88.3 Å². The van der Waals surface area contributed by atoms with Gasteiger partial charge < -0.3 is 0 Å². The van der Waals surface area contributed by atoms with E-state index in [9.17, 15) is 0 Å². The number of hydrazone groups is 1. The summed E-state index contributed by atoms with van der Waals surface area (Å²) < 4.78 is 0. The van der Waals surface area contributed by atoms with E-state index in [2.05, 4.69) is 15.5 Å². The molecule has 1 aromatic carbocycles. The van der Waals surface area contributed by atoms with Crippen molar-refractivity contribution in [1.29, 1.82) is 0 Å². The van der Waals surface area contributed by atoms with Gasteiger partial charge in [0.15, 0.2) is 5.17 Å². The van der Waals surface area contributed by atoms with Crippen LogP contribution >= 0.6 is 11.8 Å². The largest absolute Gasteiger partial charge is 0.256 e. The number of hydrogen-bond acceptors (Lipinski definition) is 3. The van der Waals surface area contributed by atoms with Gasteiger partial charge in [0.25, 0.3) is 0 Å². The molecule has 1 N–H and O–H groups in total. The fraction of sp³-hybridized carbons (Fsp3) is 0.200. The van der Waals surface area contributed by atoms with Gasteiger partial charge in [0, 0.05) is 6.21 Å². The molecule has 0 amide bonds. The third-order valence-corrected chi connectivity index (χ3v) is 2.04. The van der Waals surface area contributed by atoms with E-state index >= 15 is 0 Å². The summed E-state index contributed by atoms with van der Waals surface area (Å²) >= 11 is 1.53. The van der Waals surface area contributed by atoms with Crippen LogP contribution in [0.2, 0.25) is 0 Å². The first-order valence-electron chi connectivity index (χ1n) is 4.28. The van der Waals surface area contributed by atoms with Gasteiger partial charge in [-0.1, -0.05) is 30.0 Å². The summed E-state index contributed by atoms with van der Waals surface area (Å²) in [6.45, 7) is 1.85. The van der Waals surface area contributed by atoms with E-state index in [4.69, 9.17) is 0 Å². The number of rotatable bonds is 2. The molecule has 0 aliphatic heterocycles. The maximum absolute atomic E-state index is 4.37. The van der Waals surface area contributed by atoms with Gasteiger partial charge in [-0.15, -0.1) is 0 Å². The maximum atomic E-state index is 4.37. The van der Waals surface area contributed by atoms with Crippen LogP contribution in [0.1, 0.15) is 6.92 Å². The van der Waals surface area contributed by atoms with Gasteiger partial charge in [-0.25, -0.2) is 4.99 Å². The summed E-state index contributed by atoms with van der Waals surface area (Å²) in [4.78, 5) is 4.37. The Balaban J connectivity index is 2.73. The van der Waals surface area contributed by atoms with Gasteiger partial charge in [-0.05, 0) is 25.3 Å². The minimum Gasteiger partial charge on any atom is -0.256 e. The van der Waals surface area contributed by atoms with Crippen LogP contribution in [0, 0.1) is 0 Å². The SMILES string of the molecule is CC=NNC(=Nc1ccccc1)SC. The average Bonchev–Trinajstić information content (AvgIpc) is 2.25. The van der Waals surface area contributed by atoms with Gasteiger partial charge in [0.05, 0.1) is 5.69 Å². The molecule has 74 valence electrons. The van der Waals surface area contributed by atoms with Crippen molar-refractivity contribution in [3.8, 4) is 0 Å². The Bertz CT molecular complexity index is 319. The Kier molecular flexibility index (Phi) is 4.78. The van der Waals surface area contributed by atoms with Crippen molar-refractivity contribution >= 4 is 28.8 Å². The van der Waals surface area contributed by atoms with Crippen LogP contribution in [0.4, 0.5) is 5.69 Å². The number of thioether (sulfide) groups is 1. The van der Waals surface area contributed by atoms with E-state index in [0.29, 0.717) is 0 Å². The van der Waals surface area contributed by atoms with Crippen molar-refractivity contribution in [2.24, 2.45) is 10.1 Å². The molecule has 0 saturated carbocycles. The number of hydrogen-bond donors (Lipinski definition) is 1. The summed E-state index contributed by atoms with van der Waals surface area (Å²) in [6.07, 6.45) is 3.65. The number of aliphatic imine (C=N–C) groups is 1. The van der Waals surface area contributed by atoms with Gasteiger partial charge in [0.1, 0.15) is 0 Å². The zero-order valence-corrected chi connectivity index (χ0v) is 9.08. The van der Waals surface area contributed by atoms with Crippen LogP contribution in [0.25, 0.3) is 0 Å². The van der Waals surface area contributed by atoms with Gasteiger partial charge in [0.2, 0.25) is 0 Å². The molecule has 0 radical (unpaired) electrons. The molecule has 0 unspecified atom stereocenters. The van der Waals surface area contributed by atoms with Crippen molar-refractivity contribution < 1.29 is 0 Å². The molecule has 1 aromatic rings. The summed E-state index contributed by atoms with van der Waals surface area (Å²) in [5.41, 5.74) is 3.78. The molecule has 0 aromatic heterocycles. The predicted molar refractivity (Wildman–Crippen MR) is 64.4 cm³/mol. The molecule has 0 aliphatic rings. The van der Waals surface area contributed by atoms with Crippen LogP contribution < -0.4 is 5.43 Å². The average molecular weight is 207 g/mol. The van der Waals surface area contributed by atoms with E-state index in [1.165, 1.54) is 11.8 Å². The summed E-state index contributed by atoms with van der Waals surface area (Å²) in [5.74, 6) is 0. The molecule has 0 fully saturated rings. The standard InChI is InChI=1S/C10H13N3S/c1-3-11-13-10(14-2)12-9-7-5-4-6-8-9/h3-8H,1-2H3,(H,12,13). The molecule has 3 nitrogen and oxygen atoms in total. The van der Waals surface area contributed by atoms with Crippen molar-refractivity contribution in [2.45, 2.75) is 6.92 Å². The second kappa shape index (κ2) is 6.21. The van der Waals surface area contributed by atoms with E-state index in [1.807, 2.05) is 43.5 Å². The van der Waals surface area contributed by atoms with Crippen LogP contribution in [0.3, 0.4) is 0 Å². The first-order valence-corrected chi connectivity index (χ1v) is 5.50. The number of amidine groups is 1. The lowest BCUT2D eigenvalue weighted by Crippen LogP contribution is -2.12. The summed E-state index contributed by atoms with van der Waals surface area (Å²) in [7, 11) is 0. The van der Waals surface area contributed by atoms with Crippen LogP contribution in [-0.4, -0.2) is 17.6 Å². The van der Waals surface area contributed by atoms with Gasteiger partial charge in [-0.3, -0.25) is 5.43 Å². The van der Waals surface area contributed by atoms with Crippen molar-refractivity contribution in [2.75, 3.05) is 6.26 Å². The summed E-state index contributed by atoms with van der Waals surface area (Å²) in [6, 6.07) is 9.79. The molecule has 0 aliphatic carbocycles. The highest BCUT2D eigenvalue weighted by Gasteiger charge is 1.93. The third-order valence-electron chi connectivity index (χ3n) is 1.47. The molecule has 0 heterocycles. The van der Waals surface area contributed by atoms with Crippen molar-refractivity contribution in [1.82, 2.24) is 5.43 Å². The molecule has 0 bridgehead atoms. The fourth-order valence-corrected chi connectivity index (χ4v) is 1.20. The Morgan fingerprint density at radius 1 is 1.36 bits per heavy atom. The molecule has 4 heteroatoms. The highest BCUT2D eigenvalue weighted by molar-refractivity contribution is 8.13. The third kappa shape index (κ3) is 3.62. The molecule has 0 saturated heterocycles. The number of benzene rings is 1. The molecular weight excluding hydrogens is 194 g/mol. The normalized spacial score (nSPS) is 12.0. The second-order valence-corrected chi connectivity index (χ2v) is 3.25. The Morgan fingerprint density at radius 3 is 2.64 bits per heavy atom. The van der Waals surface area contributed by atoms with Crippen LogP contribution in [0.5, 0.6) is 0 Å². The van der Waals surface area contributed by atoms with E-state index in [1.54, 1.807) is 6.21 Å². The minimum atomic E-state index is 0.786. The summed E-state index contributed by atoms with van der Waals surface area (Å²) in [5, 5.41) is 4.70. The highest BCUT2D eigenvalue weighted by atomic mass is 32.2. The van der Waals surface area contributed by atoms with Crippen molar-refractivity contribution in [3.05, 3.63) is 30.3 Å². The Morgan fingerprint density at radius 2 is 2.07 bits per heavy atom.